The number of thiazole rings is 1. The van der Waals surface area contributed by atoms with E-state index in [-0.39, 0.29) is 11.7 Å². The van der Waals surface area contributed by atoms with Crippen LogP contribution in [0.4, 0.5) is 5.69 Å². The predicted octanol–water partition coefficient (Wildman–Crippen LogP) is 5.50. The molecule has 2 aromatic carbocycles. The quantitative estimate of drug-likeness (QED) is 0.360. The first-order chi connectivity index (χ1) is 15.1. The summed E-state index contributed by atoms with van der Waals surface area (Å²) in [4.78, 5) is 19.2. The average molecular weight is 469 g/mol. The summed E-state index contributed by atoms with van der Waals surface area (Å²) in [7, 11) is 0. The lowest BCUT2D eigenvalue weighted by Crippen LogP contribution is -2.30. The van der Waals surface area contributed by atoms with Crippen molar-refractivity contribution in [2.45, 2.75) is 18.6 Å². The number of fused-ring (bicyclic) bond motifs is 1. The fourth-order valence-electron chi connectivity index (χ4n) is 3.52. The Kier molecular flexibility index (Phi) is 5.52. The lowest BCUT2D eigenvalue weighted by atomic mass is 10.1. The molecule has 4 aromatic rings. The zero-order chi connectivity index (χ0) is 21.4. The van der Waals surface area contributed by atoms with Crippen molar-refractivity contribution >= 4 is 46.3 Å². The molecule has 5 rings (SSSR count). The van der Waals surface area contributed by atoms with Gasteiger partial charge < -0.3 is 9.32 Å². The molecule has 0 unspecified atom stereocenters. The molecule has 0 saturated carbocycles. The maximum atomic E-state index is 12.8. The summed E-state index contributed by atoms with van der Waals surface area (Å²) in [6, 6.07) is 13.4. The van der Waals surface area contributed by atoms with Gasteiger partial charge in [0.2, 0.25) is 11.8 Å². The first kappa shape index (κ1) is 20.2. The van der Waals surface area contributed by atoms with Crippen LogP contribution < -0.4 is 4.90 Å². The summed E-state index contributed by atoms with van der Waals surface area (Å²) in [6.07, 6.45) is 0.835. The molecule has 0 fully saturated rings. The van der Waals surface area contributed by atoms with Gasteiger partial charge in [-0.2, -0.15) is 0 Å². The summed E-state index contributed by atoms with van der Waals surface area (Å²) >= 11 is 8.89. The predicted molar refractivity (Wildman–Crippen MR) is 124 cm³/mol. The fourth-order valence-corrected chi connectivity index (χ4v) is 4.98. The molecule has 0 atom stereocenters. The van der Waals surface area contributed by atoms with Crippen LogP contribution in [0.1, 0.15) is 10.6 Å². The highest BCUT2D eigenvalue weighted by atomic mass is 35.5. The number of rotatable bonds is 5. The Morgan fingerprint density at radius 1 is 1.23 bits per heavy atom. The van der Waals surface area contributed by atoms with Crippen molar-refractivity contribution in [2.75, 3.05) is 17.2 Å². The number of halogens is 1. The lowest BCUT2D eigenvalue weighted by molar-refractivity contribution is -0.116. The number of aromatic nitrogens is 3. The molecule has 0 aliphatic carbocycles. The molecule has 0 saturated heterocycles. The third-order valence-corrected chi connectivity index (χ3v) is 6.80. The van der Waals surface area contributed by atoms with Crippen molar-refractivity contribution in [2.24, 2.45) is 0 Å². The number of hydrogen-bond acceptors (Lipinski definition) is 7. The Balaban J connectivity index is 1.25. The molecule has 1 amide bonds. The highest BCUT2D eigenvalue weighted by Crippen LogP contribution is 2.33. The van der Waals surface area contributed by atoms with Crippen molar-refractivity contribution in [1.29, 1.82) is 0 Å². The molecule has 6 nitrogen and oxygen atoms in total. The molecule has 3 heterocycles. The maximum absolute atomic E-state index is 12.8. The fraction of sp³-hybridized carbons (Fsp3) is 0.182. The Labute approximate surface area is 192 Å². The van der Waals surface area contributed by atoms with Crippen molar-refractivity contribution in [1.82, 2.24) is 15.2 Å². The third-order valence-electron chi connectivity index (χ3n) is 4.99. The largest absolute Gasteiger partial charge is 0.411 e. The highest BCUT2D eigenvalue weighted by molar-refractivity contribution is 7.99. The van der Waals surface area contributed by atoms with Crippen LogP contribution in [0.15, 0.2) is 57.5 Å². The molecule has 1 aliphatic rings. The normalized spacial score (nSPS) is 12.9. The smallest absolute Gasteiger partial charge is 0.277 e. The van der Waals surface area contributed by atoms with E-state index < -0.39 is 0 Å². The second kappa shape index (κ2) is 8.45. The van der Waals surface area contributed by atoms with Gasteiger partial charge >= 0.3 is 0 Å². The monoisotopic (exact) mass is 468 g/mol. The van der Waals surface area contributed by atoms with Gasteiger partial charge in [0, 0.05) is 33.8 Å². The molecule has 0 spiro atoms. The number of aryl methyl sites for hydroxylation is 1. The van der Waals surface area contributed by atoms with Gasteiger partial charge in [-0.3, -0.25) is 4.79 Å². The molecule has 156 valence electrons. The number of carbonyl (C=O) groups is 1. The van der Waals surface area contributed by atoms with Gasteiger partial charge in [0.25, 0.3) is 5.22 Å². The maximum Gasteiger partial charge on any atom is 0.277 e. The van der Waals surface area contributed by atoms with Gasteiger partial charge in [-0.25, -0.2) is 4.98 Å². The molecular formula is C22H17ClN4O2S2. The van der Waals surface area contributed by atoms with Gasteiger partial charge in [-0.1, -0.05) is 35.5 Å². The number of nitrogens with zero attached hydrogens (tertiary/aromatic N) is 4. The van der Waals surface area contributed by atoms with E-state index in [4.69, 9.17) is 16.0 Å². The SMILES string of the molecule is Cc1nc(-c2ccc3c(c2)CCN3C(=O)CSc2nnc(-c3cccc(Cl)c3)o2)cs1. The van der Waals surface area contributed by atoms with Gasteiger partial charge in [0.1, 0.15) is 0 Å². The van der Waals surface area contributed by atoms with Crippen LogP contribution in [-0.4, -0.2) is 33.4 Å². The summed E-state index contributed by atoms with van der Waals surface area (Å²) in [5.41, 5.74) is 4.95. The first-order valence-electron chi connectivity index (χ1n) is 9.65. The third kappa shape index (κ3) is 4.23. The van der Waals surface area contributed by atoms with Gasteiger partial charge in [0.05, 0.1) is 16.5 Å². The van der Waals surface area contributed by atoms with Crippen LogP contribution in [0.25, 0.3) is 22.7 Å². The highest BCUT2D eigenvalue weighted by Gasteiger charge is 2.25. The summed E-state index contributed by atoms with van der Waals surface area (Å²) < 4.78 is 5.68. The van der Waals surface area contributed by atoms with E-state index in [1.807, 2.05) is 36.1 Å². The van der Waals surface area contributed by atoms with E-state index >= 15 is 0 Å². The second-order valence-electron chi connectivity index (χ2n) is 7.06. The minimum atomic E-state index is 0.0171. The molecule has 0 bridgehead atoms. The van der Waals surface area contributed by atoms with E-state index in [0.717, 1.165) is 33.9 Å². The number of hydrogen-bond donors (Lipinski definition) is 0. The topological polar surface area (TPSA) is 72.1 Å². The number of carbonyl (C=O) groups excluding carboxylic acids is 1. The van der Waals surface area contributed by atoms with Gasteiger partial charge in [0.15, 0.2) is 0 Å². The molecule has 0 radical (unpaired) electrons. The van der Waals surface area contributed by atoms with Crippen LogP contribution in [-0.2, 0) is 11.2 Å². The first-order valence-corrected chi connectivity index (χ1v) is 11.9. The van der Waals surface area contributed by atoms with Crippen LogP contribution in [0.2, 0.25) is 5.02 Å². The summed E-state index contributed by atoms with van der Waals surface area (Å²) in [5.74, 6) is 0.626. The Morgan fingerprint density at radius 3 is 2.94 bits per heavy atom. The van der Waals surface area contributed by atoms with Crippen LogP contribution in [0.5, 0.6) is 0 Å². The zero-order valence-corrected chi connectivity index (χ0v) is 18.9. The van der Waals surface area contributed by atoms with Gasteiger partial charge in [-0.15, -0.1) is 21.5 Å². The second-order valence-corrected chi connectivity index (χ2v) is 9.49. The van der Waals surface area contributed by atoms with E-state index in [1.54, 1.807) is 23.5 Å². The van der Waals surface area contributed by atoms with Crippen molar-refractivity contribution in [3.05, 3.63) is 63.4 Å². The molecular weight excluding hydrogens is 452 g/mol. The summed E-state index contributed by atoms with van der Waals surface area (Å²) in [6.45, 7) is 2.67. The molecule has 1 aliphatic heterocycles. The number of amides is 1. The minimum Gasteiger partial charge on any atom is -0.411 e. The molecule has 2 aromatic heterocycles. The number of anilines is 1. The molecule has 9 heteroatoms. The van der Waals surface area contributed by atoms with Gasteiger partial charge in [-0.05, 0) is 49.2 Å². The molecule has 0 N–H and O–H groups in total. The van der Waals surface area contributed by atoms with Crippen molar-refractivity contribution < 1.29 is 9.21 Å². The number of benzene rings is 2. The Hall–Kier alpha value is -2.68. The van der Waals surface area contributed by atoms with E-state index in [2.05, 4.69) is 26.6 Å². The number of thioether (sulfide) groups is 1. The van der Waals surface area contributed by atoms with Crippen LogP contribution >= 0.6 is 34.7 Å². The van der Waals surface area contributed by atoms with E-state index in [0.29, 0.717) is 22.7 Å². The summed E-state index contributed by atoms with van der Waals surface area (Å²) in [5, 5.41) is 12.2. The Bertz CT molecular complexity index is 1270. The molecule has 31 heavy (non-hydrogen) atoms. The van der Waals surface area contributed by atoms with Crippen molar-refractivity contribution in [3.63, 3.8) is 0 Å². The lowest BCUT2D eigenvalue weighted by Gasteiger charge is -2.16. The van der Waals surface area contributed by atoms with E-state index in [9.17, 15) is 4.79 Å². The minimum absolute atomic E-state index is 0.0171. The van der Waals surface area contributed by atoms with Crippen LogP contribution in [0.3, 0.4) is 0 Å². The standard InChI is InChI=1S/C22H17ClN4O2S2/c1-13-24-18(11-30-13)14-5-6-19-15(9-14)7-8-27(19)20(28)12-31-22-26-25-21(29-22)16-3-2-4-17(23)10-16/h2-6,9-11H,7-8,12H2,1H3. The van der Waals surface area contributed by atoms with Crippen LogP contribution in [0, 0.1) is 6.92 Å². The zero-order valence-electron chi connectivity index (χ0n) is 16.5. The average Bonchev–Trinajstić information content (AvgIpc) is 3.51. The Morgan fingerprint density at radius 2 is 2.13 bits per heavy atom. The van der Waals surface area contributed by atoms with E-state index in [1.165, 1.54) is 17.3 Å². The van der Waals surface area contributed by atoms with Crippen molar-refractivity contribution in [3.8, 4) is 22.7 Å².